The predicted molar refractivity (Wildman–Crippen MR) is 74.2 cm³/mol. The molecule has 0 aromatic heterocycles. The Hall–Kier alpha value is -0.0800. The third-order valence-corrected chi connectivity index (χ3v) is 4.94. The molecule has 1 aliphatic heterocycles. The van der Waals surface area contributed by atoms with Crippen molar-refractivity contribution >= 4 is 0 Å². The largest absolute Gasteiger partial charge is 0.316 e. The van der Waals surface area contributed by atoms with Crippen molar-refractivity contribution in [3.05, 3.63) is 0 Å². The molecule has 0 aromatic rings. The highest BCUT2D eigenvalue weighted by molar-refractivity contribution is 4.87. The van der Waals surface area contributed by atoms with E-state index in [1.54, 1.807) is 0 Å². The molecule has 0 bridgehead atoms. The molecule has 17 heavy (non-hydrogen) atoms. The fraction of sp³-hybridized carbons (Fsp3) is 1.00. The zero-order valence-electron chi connectivity index (χ0n) is 11.9. The highest BCUT2D eigenvalue weighted by atomic mass is 14.9. The molecule has 1 aliphatic carbocycles. The van der Waals surface area contributed by atoms with Gasteiger partial charge in [-0.1, -0.05) is 20.8 Å². The Bertz CT molecular complexity index is 231. The standard InChI is InChI=1S/C15H30N2/c1-12-6-7-14(9-12)17-11-15(2,3)13-5-4-8-16-10-13/h12-14,16-17H,4-11H2,1-3H3. The molecule has 2 nitrogen and oxygen atoms in total. The van der Waals surface area contributed by atoms with E-state index < -0.39 is 0 Å². The molecule has 0 amide bonds. The van der Waals surface area contributed by atoms with Crippen LogP contribution < -0.4 is 10.6 Å². The summed E-state index contributed by atoms with van der Waals surface area (Å²) in [7, 11) is 0. The van der Waals surface area contributed by atoms with Crippen LogP contribution in [0.25, 0.3) is 0 Å². The summed E-state index contributed by atoms with van der Waals surface area (Å²) >= 11 is 0. The molecular weight excluding hydrogens is 208 g/mol. The second kappa shape index (κ2) is 5.71. The van der Waals surface area contributed by atoms with E-state index in [4.69, 9.17) is 0 Å². The minimum absolute atomic E-state index is 0.444. The summed E-state index contributed by atoms with van der Waals surface area (Å²) in [4.78, 5) is 0. The van der Waals surface area contributed by atoms with E-state index in [-0.39, 0.29) is 0 Å². The van der Waals surface area contributed by atoms with E-state index in [9.17, 15) is 0 Å². The Morgan fingerprint density at radius 3 is 2.65 bits per heavy atom. The minimum Gasteiger partial charge on any atom is -0.316 e. The van der Waals surface area contributed by atoms with Gasteiger partial charge >= 0.3 is 0 Å². The fourth-order valence-corrected chi connectivity index (χ4v) is 3.46. The molecule has 3 unspecified atom stereocenters. The van der Waals surface area contributed by atoms with Crippen LogP contribution in [0.3, 0.4) is 0 Å². The van der Waals surface area contributed by atoms with Crippen LogP contribution in [-0.4, -0.2) is 25.7 Å². The van der Waals surface area contributed by atoms with Crippen LogP contribution in [0, 0.1) is 17.3 Å². The van der Waals surface area contributed by atoms with E-state index in [0.717, 1.165) is 17.9 Å². The lowest BCUT2D eigenvalue weighted by atomic mass is 9.75. The van der Waals surface area contributed by atoms with E-state index >= 15 is 0 Å². The molecule has 0 radical (unpaired) electrons. The first-order valence-corrected chi connectivity index (χ1v) is 7.52. The average Bonchev–Trinajstić information content (AvgIpc) is 2.74. The summed E-state index contributed by atoms with van der Waals surface area (Å²) in [6, 6.07) is 0.792. The summed E-state index contributed by atoms with van der Waals surface area (Å²) in [6.07, 6.45) is 6.96. The van der Waals surface area contributed by atoms with Crippen molar-refractivity contribution in [3.8, 4) is 0 Å². The highest BCUT2D eigenvalue weighted by Crippen LogP contribution is 2.32. The van der Waals surface area contributed by atoms with Gasteiger partial charge in [-0.05, 0) is 62.4 Å². The Kier molecular flexibility index (Phi) is 4.48. The van der Waals surface area contributed by atoms with Crippen LogP contribution in [0.5, 0.6) is 0 Å². The lowest BCUT2D eigenvalue weighted by molar-refractivity contribution is 0.161. The maximum atomic E-state index is 3.82. The van der Waals surface area contributed by atoms with Crippen molar-refractivity contribution in [3.63, 3.8) is 0 Å². The van der Waals surface area contributed by atoms with Gasteiger partial charge in [0.1, 0.15) is 0 Å². The molecule has 1 saturated carbocycles. The Balaban J connectivity index is 1.76. The van der Waals surface area contributed by atoms with Crippen LogP contribution in [0.2, 0.25) is 0 Å². The van der Waals surface area contributed by atoms with Crippen LogP contribution >= 0.6 is 0 Å². The third-order valence-electron chi connectivity index (χ3n) is 4.94. The maximum absolute atomic E-state index is 3.82. The van der Waals surface area contributed by atoms with Gasteiger partial charge in [-0.3, -0.25) is 0 Å². The van der Waals surface area contributed by atoms with Crippen molar-refractivity contribution in [2.24, 2.45) is 17.3 Å². The Labute approximate surface area is 107 Å². The van der Waals surface area contributed by atoms with E-state index in [0.29, 0.717) is 5.41 Å². The topological polar surface area (TPSA) is 24.1 Å². The van der Waals surface area contributed by atoms with Gasteiger partial charge in [-0.25, -0.2) is 0 Å². The van der Waals surface area contributed by atoms with Crippen molar-refractivity contribution < 1.29 is 0 Å². The van der Waals surface area contributed by atoms with Gasteiger partial charge in [0.05, 0.1) is 0 Å². The zero-order chi connectivity index (χ0) is 12.3. The van der Waals surface area contributed by atoms with Crippen molar-refractivity contribution in [1.82, 2.24) is 10.6 Å². The SMILES string of the molecule is CC1CCC(NCC(C)(C)C2CCCNC2)C1. The lowest BCUT2D eigenvalue weighted by Crippen LogP contribution is -2.45. The summed E-state index contributed by atoms with van der Waals surface area (Å²) in [5, 5.41) is 7.37. The van der Waals surface area contributed by atoms with Crippen molar-refractivity contribution in [2.75, 3.05) is 19.6 Å². The van der Waals surface area contributed by atoms with Crippen LogP contribution in [0.15, 0.2) is 0 Å². The maximum Gasteiger partial charge on any atom is 0.00699 e. The van der Waals surface area contributed by atoms with Crippen molar-refractivity contribution in [2.45, 2.75) is 58.9 Å². The molecule has 1 saturated heterocycles. The van der Waals surface area contributed by atoms with E-state index in [1.165, 1.54) is 51.7 Å². The van der Waals surface area contributed by atoms with Crippen molar-refractivity contribution in [1.29, 1.82) is 0 Å². The quantitative estimate of drug-likeness (QED) is 0.787. The summed E-state index contributed by atoms with van der Waals surface area (Å²) in [5.74, 6) is 1.79. The number of rotatable bonds is 4. The van der Waals surface area contributed by atoms with E-state index in [2.05, 4.69) is 31.4 Å². The number of hydrogen-bond acceptors (Lipinski definition) is 2. The predicted octanol–water partition coefficient (Wildman–Crippen LogP) is 2.79. The zero-order valence-corrected chi connectivity index (χ0v) is 11.9. The number of piperidine rings is 1. The second-order valence-electron chi connectivity index (χ2n) is 7.03. The summed E-state index contributed by atoms with van der Waals surface area (Å²) in [6.45, 7) is 10.9. The molecule has 2 fully saturated rings. The van der Waals surface area contributed by atoms with Gasteiger partial charge in [-0.2, -0.15) is 0 Å². The molecule has 2 heteroatoms. The Morgan fingerprint density at radius 1 is 1.24 bits per heavy atom. The smallest absolute Gasteiger partial charge is 0.00699 e. The highest BCUT2D eigenvalue weighted by Gasteiger charge is 2.31. The summed E-state index contributed by atoms with van der Waals surface area (Å²) < 4.78 is 0. The van der Waals surface area contributed by atoms with Crippen LogP contribution in [-0.2, 0) is 0 Å². The summed E-state index contributed by atoms with van der Waals surface area (Å²) in [5.41, 5.74) is 0.444. The van der Waals surface area contributed by atoms with Gasteiger partial charge < -0.3 is 10.6 Å². The number of hydrogen-bond donors (Lipinski definition) is 2. The molecule has 0 aromatic carbocycles. The first kappa shape index (κ1) is 13.4. The van der Waals surface area contributed by atoms with E-state index in [1.807, 2.05) is 0 Å². The van der Waals surface area contributed by atoms with Gasteiger partial charge in [0.15, 0.2) is 0 Å². The first-order valence-electron chi connectivity index (χ1n) is 7.52. The molecule has 100 valence electrons. The lowest BCUT2D eigenvalue weighted by Gasteiger charge is -2.38. The first-order chi connectivity index (χ1) is 8.08. The third kappa shape index (κ3) is 3.69. The molecule has 0 spiro atoms. The minimum atomic E-state index is 0.444. The molecule has 3 atom stereocenters. The van der Waals surface area contributed by atoms with Crippen LogP contribution in [0.4, 0.5) is 0 Å². The second-order valence-corrected chi connectivity index (χ2v) is 7.03. The normalized spacial score (nSPS) is 35.1. The van der Waals surface area contributed by atoms with Gasteiger partial charge in [0.2, 0.25) is 0 Å². The Morgan fingerprint density at radius 2 is 2.06 bits per heavy atom. The van der Waals surface area contributed by atoms with Crippen LogP contribution in [0.1, 0.15) is 52.9 Å². The van der Waals surface area contributed by atoms with Gasteiger partial charge in [0, 0.05) is 12.6 Å². The molecule has 2 aliphatic rings. The monoisotopic (exact) mass is 238 g/mol. The molecular formula is C15H30N2. The molecule has 1 heterocycles. The average molecular weight is 238 g/mol. The fourth-order valence-electron chi connectivity index (χ4n) is 3.46. The molecule has 2 rings (SSSR count). The van der Waals surface area contributed by atoms with Gasteiger partial charge in [0.25, 0.3) is 0 Å². The number of nitrogens with one attached hydrogen (secondary N) is 2. The molecule has 2 N–H and O–H groups in total. The van der Waals surface area contributed by atoms with Gasteiger partial charge in [-0.15, -0.1) is 0 Å².